The van der Waals surface area contributed by atoms with Crippen LogP contribution in [0.5, 0.6) is 0 Å². The maximum absolute atomic E-state index is 11.9. The van der Waals surface area contributed by atoms with E-state index in [2.05, 4.69) is 32.2 Å². The number of carbonyl (C=O) groups is 1. The fourth-order valence-corrected chi connectivity index (χ4v) is 1.91. The van der Waals surface area contributed by atoms with Crippen molar-refractivity contribution in [2.75, 3.05) is 32.8 Å². The molecule has 0 aliphatic carbocycles. The molecule has 1 amide bonds. The smallest absolute Gasteiger partial charge is 0.236 e. The zero-order valence-corrected chi connectivity index (χ0v) is 11.9. The first-order chi connectivity index (χ1) is 8.59. The van der Waals surface area contributed by atoms with E-state index in [1.54, 1.807) is 0 Å². The highest BCUT2D eigenvalue weighted by molar-refractivity contribution is 5.78. The summed E-state index contributed by atoms with van der Waals surface area (Å²) in [6.07, 6.45) is 4.38. The number of morpholine rings is 1. The van der Waals surface area contributed by atoms with Crippen molar-refractivity contribution in [3.63, 3.8) is 0 Å². The molecule has 1 atom stereocenters. The highest BCUT2D eigenvalue weighted by Gasteiger charge is 2.16. The van der Waals surface area contributed by atoms with Gasteiger partial charge in [0.05, 0.1) is 19.8 Å². The Balaban J connectivity index is 2.14. The third-order valence-electron chi connectivity index (χ3n) is 3.12. The second-order valence-electron chi connectivity index (χ2n) is 5.13. The van der Waals surface area contributed by atoms with Gasteiger partial charge in [-0.05, 0) is 33.6 Å². The average molecular weight is 254 g/mol. The number of hydrogen-bond donors (Lipinski definition) is 1. The molecular weight excluding hydrogens is 228 g/mol. The summed E-state index contributed by atoms with van der Waals surface area (Å²) in [6.45, 7) is 9.59. The van der Waals surface area contributed by atoms with Crippen molar-refractivity contribution in [3.8, 4) is 0 Å². The largest absolute Gasteiger partial charge is 0.378 e. The standard InChI is InChI=1S/C14H26N2O2/c1-12(2)5-4-6-13(3)15-11-14(17)16-7-9-18-10-8-16/h5,13,15H,4,6-11H2,1-3H3/t13-/m1/s1. The van der Waals surface area contributed by atoms with Crippen LogP contribution in [-0.2, 0) is 9.53 Å². The Morgan fingerprint density at radius 3 is 2.67 bits per heavy atom. The van der Waals surface area contributed by atoms with Gasteiger partial charge in [0, 0.05) is 19.1 Å². The first-order valence-electron chi connectivity index (χ1n) is 6.82. The minimum absolute atomic E-state index is 0.187. The van der Waals surface area contributed by atoms with E-state index in [4.69, 9.17) is 4.74 Å². The van der Waals surface area contributed by atoms with Gasteiger partial charge < -0.3 is 15.0 Å². The summed E-state index contributed by atoms with van der Waals surface area (Å²) in [7, 11) is 0. The molecule has 1 heterocycles. The number of hydrogen-bond acceptors (Lipinski definition) is 3. The summed E-state index contributed by atoms with van der Waals surface area (Å²) in [4.78, 5) is 13.8. The lowest BCUT2D eigenvalue weighted by molar-refractivity contribution is -0.134. The van der Waals surface area contributed by atoms with Gasteiger partial charge >= 0.3 is 0 Å². The van der Waals surface area contributed by atoms with Gasteiger partial charge in [0.25, 0.3) is 0 Å². The summed E-state index contributed by atoms with van der Waals surface area (Å²) in [6, 6.07) is 0.380. The van der Waals surface area contributed by atoms with Gasteiger partial charge in [0.15, 0.2) is 0 Å². The molecule has 4 nitrogen and oxygen atoms in total. The molecule has 0 aromatic carbocycles. The minimum Gasteiger partial charge on any atom is -0.378 e. The molecule has 104 valence electrons. The molecule has 0 aromatic heterocycles. The monoisotopic (exact) mass is 254 g/mol. The average Bonchev–Trinajstić information content (AvgIpc) is 2.36. The van der Waals surface area contributed by atoms with E-state index in [0.717, 1.165) is 25.9 Å². The van der Waals surface area contributed by atoms with E-state index in [9.17, 15) is 4.79 Å². The van der Waals surface area contributed by atoms with Gasteiger partial charge in [-0.25, -0.2) is 0 Å². The van der Waals surface area contributed by atoms with Crippen molar-refractivity contribution < 1.29 is 9.53 Å². The molecule has 0 aromatic rings. The summed E-state index contributed by atoms with van der Waals surface area (Å²) in [5.41, 5.74) is 1.35. The Hall–Kier alpha value is -0.870. The summed E-state index contributed by atoms with van der Waals surface area (Å²) in [5.74, 6) is 0.187. The van der Waals surface area contributed by atoms with Crippen LogP contribution in [0.15, 0.2) is 11.6 Å². The molecule has 1 fully saturated rings. The van der Waals surface area contributed by atoms with Crippen molar-refractivity contribution in [3.05, 3.63) is 11.6 Å². The van der Waals surface area contributed by atoms with Crippen LogP contribution in [0.4, 0.5) is 0 Å². The van der Waals surface area contributed by atoms with E-state index < -0.39 is 0 Å². The molecule has 0 spiro atoms. The Bertz CT molecular complexity index is 280. The highest BCUT2D eigenvalue weighted by atomic mass is 16.5. The van der Waals surface area contributed by atoms with E-state index in [0.29, 0.717) is 25.8 Å². The number of carbonyl (C=O) groups excluding carboxylic acids is 1. The van der Waals surface area contributed by atoms with E-state index in [1.807, 2.05) is 4.90 Å². The number of rotatable bonds is 6. The van der Waals surface area contributed by atoms with Crippen molar-refractivity contribution in [2.24, 2.45) is 0 Å². The quantitative estimate of drug-likeness (QED) is 0.732. The second-order valence-corrected chi connectivity index (χ2v) is 5.13. The zero-order chi connectivity index (χ0) is 13.4. The molecular formula is C14H26N2O2. The number of nitrogens with zero attached hydrogens (tertiary/aromatic N) is 1. The highest BCUT2D eigenvalue weighted by Crippen LogP contribution is 2.02. The fraction of sp³-hybridized carbons (Fsp3) is 0.786. The maximum Gasteiger partial charge on any atom is 0.236 e. The first-order valence-corrected chi connectivity index (χ1v) is 6.82. The van der Waals surface area contributed by atoms with Crippen molar-refractivity contribution in [1.82, 2.24) is 10.2 Å². The molecule has 1 aliphatic heterocycles. The summed E-state index contributed by atoms with van der Waals surface area (Å²) in [5, 5.41) is 3.29. The number of amides is 1. The van der Waals surface area contributed by atoms with E-state index >= 15 is 0 Å². The predicted molar refractivity (Wildman–Crippen MR) is 73.5 cm³/mol. The third-order valence-corrected chi connectivity index (χ3v) is 3.12. The van der Waals surface area contributed by atoms with Crippen LogP contribution in [0, 0.1) is 0 Å². The Labute approximate surface area is 110 Å². The number of allylic oxidation sites excluding steroid dienone is 2. The van der Waals surface area contributed by atoms with Gasteiger partial charge in [-0.15, -0.1) is 0 Å². The molecule has 18 heavy (non-hydrogen) atoms. The zero-order valence-electron chi connectivity index (χ0n) is 11.9. The minimum atomic E-state index is 0.187. The van der Waals surface area contributed by atoms with E-state index in [1.165, 1.54) is 5.57 Å². The van der Waals surface area contributed by atoms with Crippen LogP contribution >= 0.6 is 0 Å². The normalized spacial score (nSPS) is 17.4. The SMILES string of the molecule is CC(C)=CCC[C@@H](C)NCC(=O)N1CCOCC1. The summed E-state index contributed by atoms with van der Waals surface area (Å²) >= 11 is 0. The Morgan fingerprint density at radius 1 is 1.39 bits per heavy atom. The predicted octanol–water partition coefficient (Wildman–Crippen LogP) is 1.57. The van der Waals surface area contributed by atoms with Crippen LogP contribution < -0.4 is 5.32 Å². The van der Waals surface area contributed by atoms with Crippen LogP contribution in [-0.4, -0.2) is 49.7 Å². The van der Waals surface area contributed by atoms with Gasteiger partial charge in [0.2, 0.25) is 5.91 Å². The topological polar surface area (TPSA) is 41.6 Å². The lowest BCUT2D eigenvalue weighted by Crippen LogP contribution is -2.46. The third kappa shape index (κ3) is 6.17. The molecule has 1 aliphatic rings. The lowest BCUT2D eigenvalue weighted by Gasteiger charge is -2.27. The Kier molecular flexibility index (Phi) is 6.98. The first kappa shape index (κ1) is 15.2. The van der Waals surface area contributed by atoms with Crippen LogP contribution in [0.1, 0.15) is 33.6 Å². The van der Waals surface area contributed by atoms with Crippen molar-refractivity contribution in [2.45, 2.75) is 39.7 Å². The van der Waals surface area contributed by atoms with Gasteiger partial charge in [-0.3, -0.25) is 4.79 Å². The van der Waals surface area contributed by atoms with Crippen LogP contribution in [0.25, 0.3) is 0 Å². The second kappa shape index (κ2) is 8.27. The molecule has 0 radical (unpaired) electrons. The van der Waals surface area contributed by atoms with E-state index in [-0.39, 0.29) is 5.91 Å². The molecule has 1 rings (SSSR count). The molecule has 1 saturated heterocycles. The molecule has 1 N–H and O–H groups in total. The molecule has 0 unspecified atom stereocenters. The molecule has 0 bridgehead atoms. The summed E-state index contributed by atoms with van der Waals surface area (Å²) < 4.78 is 5.23. The maximum atomic E-state index is 11.9. The van der Waals surface area contributed by atoms with Crippen molar-refractivity contribution in [1.29, 1.82) is 0 Å². The Morgan fingerprint density at radius 2 is 2.06 bits per heavy atom. The lowest BCUT2D eigenvalue weighted by atomic mass is 10.1. The molecule has 0 saturated carbocycles. The number of ether oxygens (including phenoxy) is 1. The van der Waals surface area contributed by atoms with Gasteiger partial charge in [-0.1, -0.05) is 11.6 Å². The fourth-order valence-electron chi connectivity index (χ4n) is 1.91. The molecule has 4 heteroatoms. The van der Waals surface area contributed by atoms with Crippen molar-refractivity contribution >= 4 is 5.91 Å². The van der Waals surface area contributed by atoms with Gasteiger partial charge in [-0.2, -0.15) is 0 Å². The van der Waals surface area contributed by atoms with Crippen LogP contribution in [0.3, 0.4) is 0 Å². The van der Waals surface area contributed by atoms with Crippen LogP contribution in [0.2, 0.25) is 0 Å². The van der Waals surface area contributed by atoms with Gasteiger partial charge in [0.1, 0.15) is 0 Å². The number of nitrogens with one attached hydrogen (secondary N) is 1.